The Morgan fingerprint density at radius 1 is 1.05 bits per heavy atom. The molecule has 0 aliphatic carbocycles. The van der Waals surface area contributed by atoms with E-state index in [2.05, 4.69) is 33.0 Å². The summed E-state index contributed by atoms with van der Waals surface area (Å²) in [4.78, 5) is 9.22. The molecule has 0 saturated carbocycles. The maximum Gasteiger partial charge on any atom is 0.133 e. The molecule has 1 saturated heterocycles. The Morgan fingerprint density at radius 3 is 2.36 bits per heavy atom. The molecule has 2 aromatic rings. The highest BCUT2D eigenvalue weighted by molar-refractivity contribution is 5.53. The highest BCUT2D eigenvalue weighted by Crippen LogP contribution is 2.23. The molecule has 1 aromatic carbocycles. The lowest BCUT2D eigenvalue weighted by Gasteiger charge is -2.37. The monoisotopic (exact) mass is 298 g/mol. The molecule has 0 radical (unpaired) electrons. The number of nitrogens with zero attached hydrogens (tertiary/aromatic N) is 3. The molecule has 0 atom stereocenters. The van der Waals surface area contributed by atoms with Crippen LogP contribution in [0.5, 0.6) is 5.75 Å². The van der Waals surface area contributed by atoms with Crippen LogP contribution in [-0.4, -0.2) is 38.3 Å². The van der Waals surface area contributed by atoms with Crippen molar-refractivity contribution in [1.82, 2.24) is 4.98 Å². The van der Waals surface area contributed by atoms with Gasteiger partial charge in [0.15, 0.2) is 0 Å². The second-order valence-corrected chi connectivity index (χ2v) is 5.36. The van der Waals surface area contributed by atoms with E-state index in [0.29, 0.717) is 6.54 Å². The Morgan fingerprint density at radius 2 is 1.73 bits per heavy atom. The van der Waals surface area contributed by atoms with Crippen molar-refractivity contribution in [1.29, 1.82) is 0 Å². The van der Waals surface area contributed by atoms with Gasteiger partial charge in [-0.2, -0.15) is 0 Å². The van der Waals surface area contributed by atoms with Crippen molar-refractivity contribution >= 4 is 11.5 Å². The molecule has 1 aromatic heterocycles. The van der Waals surface area contributed by atoms with Gasteiger partial charge in [-0.3, -0.25) is 0 Å². The fourth-order valence-corrected chi connectivity index (χ4v) is 2.84. The molecular formula is C17H22N4O. The van der Waals surface area contributed by atoms with Crippen LogP contribution in [-0.2, 0) is 6.54 Å². The minimum absolute atomic E-state index is 0.530. The van der Waals surface area contributed by atoms with Crippen molar-refractivity contribution in [2.75, 3.05) is 43.1 Å². The Hall–Kier alpha value is -2.27. The van der Waals surface area contributed by atoms with Gasteiger partial charge in [0.25, 0.3) is 0 Å². The van der Waals surface area contributed by atoms with E-state index in [1.165, 1.54) is 5.69 Å². The van der Waals surface area contributed by atoms with Crippen LogP contribution in [0.1, 0.15) is 5.56 Å². The number of aromatic nitrogens is 1. The third-order valence-corrected chi connectivity index (χ3v) is 4.10. The molecular weight excluding hydrogens is 276 g/mol. The first-order valence-corrected chi connectivity index (χ1v) is 7.59. The maximum atomic E-state index is 5.81. The smallest absolute Gasteiger partial charge is 0.133 e. The number of rotatable bonds is 4. The Kier molecular flexibility index (Phi) is 4.44. The number of nitrogens with two attached hydrogens (primary N) is 1. The molecule has 0 spiro atoms. The zero-order chi connectivity index (χ0) is 15.4. The summed E-state index contributed by atoms with van der Waals surface area (Å²) in [5.41, 5.74) is 8.16. The fraction of sp³-hybridized carbons (Fsp3) is 0.353. The number of benzene rings is 1. The largest absolute Gasteiger partial charge is 0.497 e. The third-order valence-electron chi connectivity index (χ3n) is 4.10. The van der Waals surface area contributed by atoms with E-state index in [-0.39, 0.29) is 0 Å². The molecule has 22 heavy (non-hydrogen) atoms. The molecule has 5 nitrogen and oxygen atoms in total. The molecule has 1 aliphatic rings. The predicted octanol–water partition coefficient (Wildman–Crippen LogP) is 1.88. The number of hydrogen-bond donors (Lipinski definition) is 1. The van der Waals surface area contributed by atoms with Gasteiger partial charge in [-0.25, -0.2) is 4.98 Å². The summed E-state index contributed by atoms with van der Waals surface area (Å²) < 4.78 is 5.21. The lowest BCUT2D eigenvalue weighted by Crippen LogP contribution is -2.47. The number of hydrogen-bond acceptors (Lipinski definition) is 5. The van der Waals surface area contributed by atoms with E-state index < -0.39 is 0 Å². The fourth-order valence-electron chi connectivity index (χ4n) is 2.84. The number of pyridine rings is 1. The Labute approximate surface area is 131 Å². The van der Waals surface area contributed by atoms with Gasteiger partial charge in [-0.1, -0.05) is 6.07 Å². The van der Waals surface area contributed by atoms with Crippen LogP contribution in [0.2, 0.25) is 0 Å². The third kappa shape index (κ3) is 2.99. The average Bonchev–Trinajstić information content (AvgIpc) is 2.62. The van der Waals surface area contributed by atoms with Gasteiger partial charge >= 0.3 is 0 Å². The zero-order valence-corrected chi connectivity index (χ0v) is 12.9. The van der Waals surface area contributed by atoms with Crippen LogP contribution in [0.4, 0.5) is 11.5 Å². The molecule has 3 rings (SSSR count). The van der Waals surface area contributed by atoms with Crippen molar-refractivity contribution in [3.8, 4) is 5.75 Å². The van der Waals surface area contributed by atoms with E-state index in [1.54, 1.807) is 7.11 Å². The van der Waals surface area contributed by atoms with E-state index in [1.807, 2.05) is 24.4 Å². The van der Waals surface area contributed by atoms with E-state index >= 15 is 0 Å². The average molecular weight is 298 g/mol. The lowest BCUT2D eigenvalue weighted by molar-refractivity contribution is 0.415. The summed E-state index contributed by atoms with van der Waals surface area (Å²) >= 11 is 0. The summed E-state index contributed by atoms with van der Waals surface area (Å²) in [5, 5.41) is 0. The second-order valence-electron chi connectivity index (χ2n) is 5.36. The number of ether oxygens (including phenoxy) is 1. The normalized spacial score (nSPS) is 15.0. The Balaban J connectivity index is 1.67. The first-order valence-electron chi connectivity index (χ1n) is 7.59. The second kappa shape index (κ2) is 6.66. The van der Waals surface area contributed by atoms with Crippen LogP contribution in [0, 0.1) is 0 Å². The van der Waals surface area contributed by atoms with Crippen molar-refractivity contribution in [3.05, 3.63) is 48.2 Å². The lowest BCUT2D eigenvalue weighted by atomic mass is 10.2. The van der Waals surface area contributed by atoms with Gasteiger partial charge < -0.3 is 20.3 Å². The minimum Gasteiger partial charge on any atom is -0.497 e. The SMILES string of the molecule is COc1ccc(N2CCN(c3ncccc3CN)CC2)cc1. The number of methoxy groups -OCH3 is 1. The molecule has 1 fully saturated rings. The summed E-state index contributed by atoms with van der Waals surface area (Å²) in [5.74, 6) is 1.92. The Bertz CT molecular complexity index is 606. The number of piperazine rings is 1. The molecule has 5 heteroatoms. The summed E-state index contributed by atoms with van der Waals surface area (Å²) in [6.45, 7) is 4.40. The van der Waals surface area contributed by atoms with Crippen LogP contribution < -0.4 is 20.3 Å². The van der Waals surface area contributed by atoms with Gasteiger partial charge in [0.05, 0.1) is 7.11 Å². The quantitative estimate of drug-likeness (QED) is 0.934. The number of anilines is 2. The van der Waals surface area contributed by atoms with Crippen molar-refractivity contribution in [2.45, 2.75) is 6.54 Å². The topological polar surface area (TPSA) is 54.6 Å². The van der Waals surface area contributed by atoms with Crippen LogP contribution in [0.15, 0.2) is 42.6 Å². The minimum atomic E-state index is 0.530. The molecule has 2 N–H and O–H groups in total. The van der Waals surface area contributed by atoms with Crippen molar-refractivity contribution in [3.63, 3.8) is 0 Å². The van der Waals surface area contributed by atoms with Crippen molar-refractivity contribution in [2.24, 2.45) is 5.73 Å². The van der Waals surface area contributed by atoms with Gasteiger partial charge in [0.2, 0.25) is 0 Å². The van der Waals surface area contributed by atoms with E-state index in [4.69, 9.17) is 10.5 Å². The van der Waals surface area contributed by atoms with E-state index in [9.17, 15) is 0 Å². The first-order chi connectivity index (χ1) is 10.8. The summed E-state index contributed by atoms with van der Waals surface area (Å²) in [6.07, 6.45) is 1.84. The zero-order valence-electron chi connectivity index (χ0n) is 12.9. The van der Waals surface area contributed by atoms with Gasteiger partial charge in [-0.05, 0) is 30.3 Å². The van der Waals surface area contributed by atoms with Gasteiger partial charge in [-0.15, -0.1) is 0 Å². The standard InChI is InChI=1S/C17H22N4O/c1-22-16-6-4-15(5-7-16)20-9-11-21(12-10-20)17-14(13-18)3-2-8-19-17/h2-8H,9-13,18H2,1H3. The van der Waals surface area contributed by atoms with Crippen molar-refractivity contribution < 1.29 is 4.74 Å². The predicted molar refractivity (Wildman–Crippen MR) is 89.5 cm³/mol. The van der Waals surface area contributed by atoms with Crippen LogP contribution in [0.3, 0.4) is 0 Å². The first kappa shape index (κ1) is 14.7. The molecule has 0 amide bonds. The maximum absolute atomic E-state index is 5.81. The van der Waals surface area contributed by atoms with Gasteiger partial charge in [0, 0.05) is 50.2 Å². The highest BCUT2D eigenvalue weighted by Gasteiger charge is 2.19. The molecule has 1 aliphatic heterocycles. The molecule has 0 unspecified atom stereocenters. The van der Waals surface area contributed by atoms with Crippen LogP contribution >= 0.6 is 0 Å². The van der Waals surface area contributed by atoms with Gasteiger partial charge in [0.1, 0.15) is 11.6 Å². The molecule has 0 bridgehead atoms. The summed E-state index contributed by atoms with van der Waals surface area (Å²) in [7, 11) is 1.69. The molecule has 2 heterocycles. The van der Waals surface area contributed by atoms with E-state index in [0.717, 1.165) is 43.3 Å². The highest BCUT2D eigenvalue weighted by atomic mass is 16.5. The van der Waals surface area contributed by atoms with Crippen LogP contribution in [0.25, 0.3) is 0 Å². The summed E-state index contributed by atoms with van der Waals surface area (Å²) in [6, 6.07) is 12.2. The molecule has 116 valence electrons.